The van der Waals surface area contributed by atoms with Crippen LogP contribution in [-0.4, -0.2) is 45.9 Å². The highest BCUT2D eigenvalue weighted by Crippen LogP contribution is 2.27. The average molecular weight is 443 g/mol. The highest BCUT2D eigenvalue weighted by molar-refractivity contribution is 5.93. The Bertz CT molecular complexity index is 1260. The summed E-state index contributed by atoms with van der Waals surface area (Å²) < 4.78 is 34.4. The lowest BCUT2D eigenvalue weighted by atomic mass is 9.95. The van der Waals surface area contributed by atoms with Crippen LogP contribution in [0.1, 0.15) is 37.0 Å². The van der Waals surface area contributed by atoms with Crippen LogP contribution in [0, 0.1) is 11.6 Å². The first-order chi connectivity index (χ1) is 15.2. The number of carbonyl (C=O) groups is 1. The number of carbonyl (C=O) groups excluding carboxylic acids is 1. The molecule has 4 rings (SSSR count). The zero-order valence-corrected chi connectivity index (χ0v) is 17.8. The lowest BCUT2D eigenvalue weighted by Gasteiger charge is -2.37. The van der Waals surface area contributed by atoms with Crippen LogP contribution < -0.4 is 10.3 Å². The third kappa shape index (κ3) is 4.08. The van der Waals surface area contributed by atoms with Crippen LogP contribution in [-0.2, 0) is 4.74 Å². The van der Waals surface area contributed by atoms with Gasteiger partial charge < -0.3 is 14.7 Å². The summed E-state index contributed by atoms with van der Waals surface area (Å²) in [7, 11) is 0. The summed E-state index contributed by atoms with van der Waals surface area (Å²) in [5, 5.41) is 10.5. The van der Waals surface area contributed by atoms with Crippen molar-refractivity contribution in [3.63, 3.8) is 0 Å². The Labute approximate surface area is 182 Å². The van der Waals surface area contributed by atoms with Gasteiger partial charge in [0.15, 0.2) is 5.65 Å². The van der Waals surface area contributed by atoms with Crippen LogP contribution in [0.3, 0.4) is 0 Å². The molecular weight excluding hydrogens is 420 g/mol. The molecule has 0 amide bonds. The molecule has 0 spiro atoms. The van der Waals surface area contributed by atoms with E-state index in [1.165, 1.54) is 22.9 Å². The van der Waals surface area contributed by atoms with Crippen molar-refractivity contribution in [3.05, 3.63) is 63.9 Å². The van der Waals surface area contributed by atoms with Gasteiger partial charge in [-0.3, -0.25) is 9.36 Å². The Balaban J connectivity index is 1.95. The summed E-state index contributed by atoms with van der Waals surface area (Å²) in [4.78, 5) is 31.8. The number of β-amino-alcohol motifs (C(OH)–C–C–N with tert-alkyl or cyclic N) is 1. The number of pyridine rings is 2. The van der Waals surface area contributed by atoms with Crippen molar-refractivity contribution in [2.24, 2.45) is 0 Å². The standard InChI is InChI=1S/C23H23F2N3O4/c1-3-32-22(30)16-12-28(18-7-5-14(24)11-17(18)25)21-15(20(16)29)6-8-19(26-21)27-10-4-9-23(2,31)13-27/h5-8,11-12,31H,3-4,9-10,13H2,1-2H3. The quantitative estimate of drug-likeness (QED) is 0.624. The number of ether oxygens (including phenoxy) is 1. The first kappa shape index (κ1) is 21.9. The van der Waals surface area contributed by atoms with Gasteiger partial charge in [-0.2, -0.15) is 0 Å². The van der Waals surface area contributed by atoms with Crippen molar-refractivity contribution in [3.8, 4) is 5.69 Å². The fourth-order valence-electron chi connectivity index (χ4n) is 4.00. The highest BCUT2D eigenvalue weighted by Gasteiger charge is 2.29. The number of aliphatic hydroxyl groups is 1. The number of piperidine rings is 1. The number of esters is 1. The van der Waals surface area contributed by atoms with E-state index >= 15 is 0 Å². The van der Waals surface area contributed by atoms with Crippen molar-refractivity contribution in [1.82, 2.24) is 9.55 Å². The number of hydrogen-bond donors (Lipinski definition) is 1. The summed E-state index contributed by atoms with van der Waals surface area (Å²) in [6.45, 7) is 4.42. The fourth-order valence-corrected chi connectivity index (χ4v) is 4.00. The number of anilines is 1. The molecule has 9 heteroatoms. The van der Waals surface area contributed by atoms with Crippen LogP contribution in [0.5, 0.6) is 0 Å². The van der Waals surface area contributed by atoms with E-state index in [2.05, 4.69) is 4.98 Å². The SMILES string of the molecule is CCOC(=O)c1cn(-c2ccc(F)cc2F)c2nc(N3CCCC(C)(O)C3)ccc2c1=O. The van der Waals surface area contributed by atoms with E-state index in [-0.39, 0.29) is 28.9 Å². The van der Waals surface area contributed by atoms with Crippen LogP contribution in [0.15, 0.2) is 41.3 Å². The van der Waals surface area contributed by atoms with Gasteiger partial charge in [0.1, 0.15) is 23.0 Å². The molecule has 3 aromatic rings. The minimum absolute atomic E-state index is 0.0628. The molecule has 1 N–H and O–H groups in total. The summed E-state index contributed by atoms with van der Waals surface area (Å²) >= 11 is 0. The number of aromatic nitrogens is 2. The molecule has 32 heavy (non-hydrogen) atoms. The summed E-state index contributed by atoms with van der Waals surface area (Å²) in [5.41, 5.74) is -1.72. The van der Waals surface area contributed by atoms with Gasteiger partial charge in [0, 0.05) is 25.4 Å². The molecule has 1 unspecified atom stereocenters. The molecule has 1 saturated heterocycles. The van der Waals surface area contributed by atoms with Gasteiger partial charge in [0.25, 0.3) is 0 Å². The lowest BCUT2D eigenvalue weighted by Crippen LogP contribution is -2.46. The Kier molecular flexibility index (Phi) is 5.68. The monoisotopic (exact) mass is 443 g/mol. The molecule has 0 bridgehead atoms. The minimum Gasteiger partial charge on any atom is -0.462 e. The maximum atomic E-state index is 14.7. The van der Waals surface area contributed by atoms with Crippen LogP contribution >= 0.6 is 0 Å². The molecule has 0 saturated carbocycles. The van der Waals surface area contributed by atoms with Crippen molar-refractivity contribution in [1.29, 1.82) is 0 Å². The second kappa shape index (κ2) is 8.31. The molecule has 2 aromatic heterocycles. The first-order valence-electron chi connectivity index (χ1n) is 10.4. The number of nitrogens with zero attached hydrogens (tertiary/aromatic N) is 3. The Morgan fingerprint density at radius 3 is 2.75 bits per heavy atom. The summed E-state index contributed by atoms with van der Waals surface area (Å²) in [5.74, 6) is -1.98. The molecule has 1 aliphatic rings. The second-order valence-corrected chi connectivity index (χ2v) is 8.12. The summed E-state index contributed by atoms with van der Waals surface area (Å²) in [6.07, 6.45) is 2.58. The number of hydrogen-bond acceptors (Lipinski definition) is 6. The van der Waals surface area contributed by atoms with Crippen molar-refractivity contribution in [2.45, 2.75) is 32.3 Å². The largest absolute Gasteiger partial charge is 0.462 e. The van der Waals surface area contributed by atoms with Gasteiger partial charge in [-0.05, 0) is 51.0 Å². The molecule has 1 fully saturated rings. The molecule has 1 aliphatic heterocycles. The fraction of sp³-hybridized carbons (Fsp3) is 0.348. The zero-order chi connectivity index (χ0) is 23.0. The van der Waals surface area contributed by atoms with E-state index in [0.29, 0.717) is 25.3 Å². The smallest absolute Gasteiger partial charge is 0.343 e. The molecular formula is C23H23F2N3O4. The Morgan fingerprint density at radius 1 is 1.28 bits per heavy atom. The molecule has 1 atom stereocenters. The number of rotatable bonds is 4. The normalized spacial score (nSPS) is 18.7. The van der Waals surface area contributed by atoms with E-state index < -0.39 is 28.6 Å². The van der Waals surface area contributed by atoms with Gasteiger partial charge >= 0.3 is 5.97 Å². The van der Waals surface area contributed by atoms with Gasteiger partial charge in [0.05, 0.1) is 23.3 Å². The predicted octanol–water partition coefficient (Wildman–Crippen LogP) is 3.19. The molecule has 0 radical (unpaired) electrons. The van der Waals surface area contributed by atoms with Crippen molar-refractivity contribution >= 4 is 22.8 Å². The molecule has 7 nitrogen and oxygen atoms in total. The number of fused-ring (bicyclic) bond motifs is 1. The molecule has 168 valence electrons. The third-order valence-corrected chi connectivity index (χ3v) is 5.50. The average Bonchev–Trinajstić information content (AvgIpc) is 2.74. The van der Waals surface area contributed by atoms with Gasteiger partial charge in [-0.25, -0.2) is 18.6 Å². The molecule has 1 aromatic carbocycles. The topological polar surface area (TPSA) is 84.7 Å². The van der Waals surface area contributed by atoms with Gasteiger partial charge in [0.2, 0.25) is 5.43 Å². The number of halogens is 2. The van der Waals surface area contributed by atoms with Crippen molar-refractivity contribution in [2.75, 3.05) is 24.6 Å². The van der Waals surface area contributed by atoms with E-state index in [1.807, 2.05) is 4.90 Å². The van der Waals surface area contributed by atoms with Crippen LogP contribution in [0.4, 0.5) is 14.6 Å². The van der Waals surface area contributed by atoms with Gasteiger partial charge in [-0.15, -0.1) is 0 Å². The highest BCUT2D eigenvalue weighted by atomic mass is 19.1. The van der Waals surface area contributed by atoms with Crippen LogP contribution in [0.2, 0.25) is 0 Å². The van der Waals surface area contributed by atoms with Crippen molar-refractivity contribution < 1.29 is 23.4 Å². The third-order valence-electron chi connectivity index (χ3n) is 5.50. The van der Waals surface area contributed by atoms with E-state index in [0.717, 1.165) is 18.6 Å². The Hall–Kier alpha value is -3.33. The van der Waals surface area contributed by atoms with E-state index in [4.69, 9.17) is 4.74 Å². The maximum Gasteiger partial charge on any atom is 0.343 e. The lowest BCUT2D eigenvalue weighted by molar-refractivity contribution is 0.0446. The minimum atomic E-state index is -0.884. The van der Waals surface area contributed by atoms with Crippen LogP contribution in [0.25, 0.3) is 16.7 Å². The second-order valence-electron chi connectivity index (χ2n) is 8.12. The van der Waals surface area contributed by atoms with E-state index in [1.54, 1.807) is 19.9 Å². The summed E-state index contributed by atoms with van der Waals surface area (Å²) in [6, 6.07) is 6.16. The first-order valence-corrected chi connectivity index (χ1v) is 10.4. The maximum absolute atomic E-state index is 14.7. The molecule has 3 heterocycles. The van der Waals surface area contributed by atoms with Gasteiger partial charge in [-0.1, -0.05) is 0 Å². The zero-order valence-electron chi connectivity index (χ0n) is 17.8. The van der Waals surface area contributed by atoms with E-state index in [9.17, 15) is 23.5 Å². The molecule has 0 aliphatic carbocycles. The Morgan fingerprint density at radius 2 is 2.06 bits per heavy atom. The number of benzene rings is 1. The predicted molar refractivity (Wildman–Crippen MR) is 115 cm³/mol.